The number of aromatic nitrogens is 2. The fourth-order valence-electron chi connectivity index (χ4n) is 3.33. The lowest BCUT2D eigenvalue weighted by atomic mass is 10.2. The summed E-state index contributed by atoms with van der Waals surface area (Å²) in [5.41, 5.74) is 2.78. The lowest BCUT2D eigenvalue weighted by Crippen LogP contribution is -2.35. The summed E-state index contributed by atoms with van der Waals surface area (Å²) in [6, 6.07) is 15.6. The first-order valence-electron chi connectivity index (χ1n) is 10.3. The minimum absolute atomic E-state index is 0.0670. The van der Waals surface area contributed by atoms with E-state index < -0.39 is 21.5 Å². The number of aryl methyl sites for hydroxylation is 1. The first-order valence-corrected chi connectivity index (χ1v) is 12.8. The van der Waals surface area contributed by atoms with Crippen LogP contribution in [0.3, 0.4) is 0 Å². The van der Waals surface area contributed by atoms with Crippen molar-refractivity contribution in [2.45, 2.75) is 24.8 Å². The van der Waals surface area contributed by atoms with Gasteiger partial charge in [-0.25, -0.2) is 13.4 Å². The number of sulfone groups is 1. The molecular formula is C24H23N3O4S2. The minimum Gasteiger partial charge on any atom is -0.497 e. The Kier molecular flexibility index (Phi) is 6.71. The van der Waals surface area contributed by atoms with Crippen molar-refractivity contribution in [3.63, 3.8) is 0 Å². The van der Waals surface area contributed by atoms with Crippen LogP contribution in [0.4, 0.5) is 5.13 Å². The first-order chi connectivity index (χ1) is 15.9. The molecule has 7 nitrogen and oxygen atoms in total. The SMILES string of the molecule is CCc1ccc2nc(N(Cc3ccncc3)C(=O)CS(=O)(=O)c3ccc(OC)cc3)sc2c1. The molecule has 2 aromatic heterocycles. The van der Waals surface area contributed by atoms with Gasteiger partial charge in [-0.15, -0.1) is 0 Å². The normalized spacial score (nSPS) is 11.5. The number of ether oxygens (including phenoxy) is 1. The Morgan fingerprint density at radius 1 is 1.03 bits per heavy atom. The van der Waals surface area contributed by atoms with Gasteiger partial charge in [0.05, 0.1) is 28.8 Å². The van der Waals surface area contributed by atoms with E-state index >= 15 is 0 Å². The van der Waals surface area contributed by atoms with Crippen molar-refractivity contribution in [3.8, 4) is 5.75 Å². The van der Waals surface area contributed by atoms with Crippen LogP contribution >= 0.6 is 11.3 Å². The van der Waals surface area contributed by atoms with E-state index in [4.69, 9.17) is 4.74 Å². The maximum Gasteiger partial charge on any atom is 0.244 e. The van der Waals surface area contributed by atoms with E-state index in [1.165, 1.54) is 41.0 Å². The van der Waals surface area contributed by atoms with Crippen molar-refractivity contribution in [2.24, 2.45) is 0 Å². The lowest BCUT2D eigenvalue weighted by molar-refractivity contribution is -0.116. The van der Waals surface area contributed by atoms with Crippen molar-refractivity contribution in [1.82, 2.24) is 9.97 Å². The number of hydrogen-bond acceptors (Lipinski definition) is 7. The number of anilines is 1. The molecule has 0 radical (unpaired) electrons. The molecule has 0 aliphatic heterocycles. The number of hydrogen-bond donors (Lipinski definition) is 0. The summed E-state index contributed by atoms with van der Waals surface area (Å²) in [6.45, 7) is 2.27. The molecule has 4 rings (SSSR count). The molecule has 0 aliphatic carbocycles. The van der Waals surface area contributed by atoms with Gasteiger partial charge in [-0.3, -0.25) is 14.7 Å². The van der Waals surface area contributed by atoms with Gasteiger partial charge in [-0.05, 0) is 66.1 Å². The second-order valence-electron chi connectivity index (χ2n) is 7.42. The highest BCUT2D eigenvalue weighted by molar-refractivity contribution is 7.92. The molecule has 0 saturated carbocycles. The molecule has 1 amide bonds. The second kappa shape index (κ2) is 9.68. The number of rotatable bonds is 8. The van der Waals surface area contributed by atoms with Crippen molar-refractivity contribution in [1.29, 1.82) is 0 Å². The summed E-state index contributed by atoms with van der Waals surface area (Å²) >= 11 is 1.38. The molecule has 2 aromatic carbocycles. The van der Waals surface area contributed by atoms with Gasteiger partial charge in [-0.2, -0.15) is 0 Å². The van der Waals surface area contributed by atoms with Gasteiger partial charge in [-0.1, -0.05) is 24.3 Å². The molecule has 0 aliphatic rings. The quantitative estimate of drug-likeness (QED) is 0.373. The van der Waals surface area contributed by atoms with E-state index in [0.717, 1.165) is 22.2 Å². The highest BCUT2D eigenvalue weighted by Gasteiger charge is 2.27. The Hall–Kier alpha value is -3.30. The third-order valence-corrected chi connectivity index (χ3v) is 7.86. The molecular weight excluding hydrogens is 458 g/mol. The number of thiazole rings is 1. The first kappa shape index (κ1) is 22.9. The Bertz CT molecular complexity index is 1370. The van der Waals surface area contributed by atoms with Gasteiger partial charge >= 0.3 is 0 Å². The lowest BCUT2D eigenvalue weighted by Gasteiger charge is -2.20. The Morgan fingerprint density at radius 3 is 2.42 bits per heavy atom. The molecule has 33 heavy (non-hydrogen) atoms. The number of carbonyl (C=O) groups excluding carboxylic acids is 1. The zero-order valence-corrected chi connectivity index (χ0v) is 19.9. The number of nitrogens with zero attached hydrogens (tertiary/aromatic N) is 3. The van der Waals surface area contributed by atoms with Crippen LogP contribution in [-0.4, -0.2) is 37.2 Å². The van der Waals surface area contributed by atoms with Gasteiger partial charge < -0.3 is 4.74 Å². The predicted octanol–water partition coefficient (Wildman–Crippen LogP) is 4.27. The summed E-state index contributed by atoms with van der Waals surface area (Å²) in [5, 5.41) is 0.463. The van der Waals surface area contributed by atoms with E-state index in [1.807, 2.05) is 12.1 Å². The fraction of sp³-hybridized carbons (Fsp3) is 0.208. The Labute approximate surface area is 196 Å². The highest BCUT2D eigenvalue weighted by atomic mass is 32.2. The molecule has 0 saturated heterocycles. The zero-order valence-electron chi connectivity index (χ0n) is 18.3. The van der Waals surface area contributed by atoms with E-state index in [9.17, 15) is 13.2 Å². The Morgan fingerprint density at radius 2 is 1.76 bits per heavy atom. The standard InChI is InChI=1S/C24H23N3O4S2/c1-3-17-4-9-21-22(14-17)32-24(26-21)27(15-18-10-12-25-13-11-18)23(28)16-33(29,30)20-7-5-19(31-2)6-8-20/h4-14H,3,15-16H2,1-2H3. The summed E-state index contributed by atoms with van der Waals surface area (Å²) < 4.78 is 32.0. The van der Waals surface area contributed by atoms with Gasteiger partial charge in [0.25, 0.3) is 0 Å². The van der Waals surface area contributed by atoms with Crippen LogP contribution < -0.4 is 9.64 Å². The third kappa shape index (κ3) is 5.20. The van der Waals surface area contributed by atoms with Crippen molar-refractivity contribution >= 4 is 42.4 Å². The van der Waals surface area contributed by atoms with Crippen LogP contribution in [0.25, 0.3) is 10.2 Å². The third-order valence-electron chi connectivity index (χ3n) is 5.20. The van der Waals surface area contributed by atoms with Crippen LogP contribution in [-0.2, 0) is 27.6 Å². The van der Waals surface area contributed by atoms with Crippen molar-refractivity contribution in [3.05, 3.63) is 78.1 Å². The van der Waals surface area contributed by atoms with Gasteiger partial charge in [0, 0.05) is 12.4 Å². The molecule has 0 atom stereocenters. The van der Waals surface area contributed by atoms with Crippen LogP contribution in [0.15, 0.2) is 71.9 Å². The van der Waals surface area contributed by atoms with Gasteiger partial charge in [0.1, 0.15) is 11.5 Å². The summed E-state index contributed by atoms with van der Waals surface area (Å²) in [6.07, 6.45) is 4.17. The van der Waals surface area contributed by atoms with E-state index in [-0.39, 0.29) is 11.4 Å². The maximum atomic E-state index is 13.3. The number of fused-ring (bicyclic) bond motifs is 1. The average Bonchev–Trinajstić information content (AvgIpc) is 3.25. The minimum atomic E-state index is -3.85. The molecule has 0 N–H and O–H groups in total. The molecule has 9 heteroatoms. The predicted molar refractivity (Wildman–Crippen MR) is 129 cm³/mol. The highest BCUT2D eigenvalue weighted by Crippen LogP contribution is 2.31. The van der Waals surface area contributed by atoms with Gasteiger partial charge in [0.15, 0.2) is 15.0 Å². The van der Waals surface area contributed by atoms with E-state index in [1.54, 1.807) is 36.7 Å². The van der Waals surface area contributed by atoms with Crippen LogP contribution in [0, 0.1) is 0 Å². The topological polar surface area (TPSA) is 89.5 Å². The number of benzene rings is 2. The van der Waals surface area contributed by atoms with Gasteiger partial charge in [0.2, 0.25) is 5.91 Å². The van der Waals surface area contributed by atoms with Crippen LogP contribution in [0.5, 0.6) is 5.75 Å². The summed E-state index contributed by atoms with van der Waals surface area (Å²) in [5.74, 6) is -0.668. The summed E-state index contributed by atoms with van der Waals surface area (Å²) in [7, 11) is -2.35. The number of pyridine rings is 1. The smallest absolute Gasteiger partial charge is 0.244 e. The molecule has 0 unspecified atom stereocenters. The summed E-state index contributed by atoms with van der Waals surface area (Å²) in [4.78, 5) is 23.5. The molecule has 2 heterocycles. The number of amides is 1. The fourth-order valence-corrected chi connectivity index (χ4v) is 5.58. The monoisotopic (exact) mass is 481 g/mol. The second-order valence-corrected chi connectivity index (χ2v) is 10.4. The molecule has 4 aromatic rings. The van der Waals surface area contributed by atoms with E-state index in [2.05, 4.69) is 23.0 Å². The van der Waals surface area contributed by atoms with E-state index in [0.29, 0.717) is 10.9 Å². The Balaban J connectivity index is 1.67. The number of carbonyl (C=O) groups is 1. The molecule has 0 spiro atoms. The zero-order chi connectivity index (χ0) is 23.4. The molecule has 0 fully saturated rings. The number of methoxy groups -OCH3 is 1. The average molecular weight is 482 g/mol. The maximum absolute atomic E-state index is 13.3. The molecule has 0 bridgehead atoms. The van der Waals surface area contributed by atoms with Crippen molar-refractivity contribution < 1.29 is 17.9 Å². The molecule has 170 valence electrons. The van der Waals surface area contributed by atoms with Crippen molar-refractivity contribution in [2.75, 3.05) is 17.8 Å². The van der Waals surface area contributed by atoms with Crippen LogP contribution in [0.1, 0.15) is 18.1 Å². The van der Waals surface area contributed by atoms with Crippen LogP contribution in [0.2, 0.25) is 0 Å². The largest absolute Gasteiger partial charge is 0.497 e.